The monoisotopic (exact) mass is 284 g/mol. The maximum Gasteiger partial charge on any atom is 0.347 e. The van der Waals surface area contributed by atoms with Crippen LogP contribution in [-0.4, -0.2) is 16.1 Å². The number of nitrogens with zero attached hydrogens (tertiary/aromatic N) is 1. The van der Waals surface area contributed by atoms with Crippen molar-refractivity contribution in [1.29, 1.82) is 0 Å². The van der Waals surface area contributed by atoms with E-state index in [1.54, 1.807) is 6.92 Å². The van der Waals surface area contributed by atoms with Crippen molar-refractivity contribution >= 4 is 34.8 Å². The molecular formula is C12H13ClN2O2S. The number of rotatable bonds is 4. The zero-order chi connectivity index (χ0) is 12.3. The lowest BCUT2D eigenvalue weighted by Gasteiger charge is -2.01. The van der Waals surface area contributed by atoms with Crippen LogP contribution in [0, 0.1) is 6.92 Å². The molecule has 0 amide bonds. The summed E-state index contributed by atoms with van der Waals surface area (Å²) in [6.45, 7) is 2.35. The van der Waals surface area contributed by atoms with E-state index >= 15 is 0 Å². The first-order chi connectivity index (χ1) is 8.16. The van der Waals surface area contributed by atoms with Gasteiger partial charge in [-0.2, -0.15) is 0 Å². The number of aryl methyl sites for hydroxylation is 1. The minimum atomic E-state index is -0.923. The van der Waals surface area contributed by atoms with Crippen molar-refractivity contribution in [2.24, 2.45) is 0 Å². The van der Waals surface area contributed by atoms with E-state index in [1.807, 2.05) is 30.3 Å². The molecule has 4 nitrogen and oxygen atoms in total. The van der Waals surface area contributed by atoms with Crippen LogP contribution in [-0.2, 0) is 6.54 Å². The molecule has 0 aliphatic heterocycles. The predicted octanol–water partition coefficient (Wildman–Crippen LogP) is 3.18. The SMILES string of the molecule is Cc1nc(NCc2ccccc2)sc1C(=O)O.Cl. The Morgan fingerprint density at radius 3 is 2.61 bits per heavy atom. The lowest BCUT2D eigenvalue weighted by Crippen LogP contribution is -1.98. The topological polar surface area (TPSA) is 62.2 Å². The molecule has 0 aliphatic carbocycles. The maximum atomic E-state index is 10.9. The number of carboxylic acids is 1. The lowest BCUT2D eigenvalue weighted by atomic mass is 10.2. The molecule has 0 fully saturated rings. The summed E-state index contributed by atoms with van der Waals surface area (Å²) in [5, 5.41) is 12.7. The van der Waals surface area contributed by atoms with E-state index in [9.17, 15) is 4.79 Å². The van der Waals surface area contributed by atoms with Gasteiger partial charge in [-0.05, 0) is 12.5 Å². The van der Waals surface area contributed by atoms with Crippen LogP contribution in [0.3, 0.4) is 0 Å². The summed E-state index contributed by atoms with van der Waals surface area (Å²) in [5.74, 6) is -0.923. The van der Waals surface area contributed by atoms with Crippen LogP contribution in [0.15, 0.2) is 30.3 Å². The zero-order valence-electron chi connectivity index (χ0n) is 9.71. The maximum absolute atomic E-state index is 10.9. The Morgan fingerprint density at radius 2 is 2.06 bits per heavy atom. The number of carbonyl (C=O) groups is 1. The summed E-state index contributed by atoms with van der Waals surface area (Å²) in [4.78, 5) is 15.3. The summed E-state index contributed by atoms with van der Waals surface area (Å²) in [6.07, 6.45) is 0. The summed E-state index contributed by atoms with van der Waals surface area (Å²) in [6, 6.07) is 9.90. The number of anilines is 1. The number of hydrogen-bond donors (Lipinski definition) is 2. The summed E-state index contributed by atoms with van der Waals surface area (Å²) < 4.78 is 0. The van der Waals surface area contributed by atoms with E-state index in [0.29, 0.717) is 22.2 Å². The Balaban J connectivity index is 0.00000162. The van der Waals surface area contributed by atoms with Gasteiger partial charge in [0, 0.05) is 6.54 Å². The van der Waals surface area contributed by atoms with Crippen LogP contribution >= 0.6 is 23.7 Å². The molecule has 0 saturated carbocycles. The molecule has 0 atom stereocenters. The number of nitrogens with one attached hydrogen (secondary N) is 1. The first-order valence-electron chi connectivity index (χ1n) is 5.15. The number of halogens is 1. The molecule has 0 spiro atoms. The standard InChI is InChI=1S/C12H12N2O2S.ClH/c1-8-10(11(15)16)17-12(14-8)13-7-9-5-3-2-4-6-9;/h2-6H,7H2,1H3,(H,13,14)(H,15,16);1H. The highest BCUT2D eigenvalue weighted by atomic mass is 35.5. The van der Waals surface area contributed by atoms with Gasteiger partial charge in [-0.25, -0.2) is 9.78 Å². The fraction of sp³-hybridized carbons (Fsp3) is 0.167. The Morgan fingerprint density at radius 1 is 1.39 bits per heavy atom. The van der Waals surface area contributed by atoms with Crippen LogP contribution in [0.4, 0.5) is 5.13 Å². The summed E-state index contributed by atoms with van der Waals surface area (Å²) in [5.41, 5.74) is 1.69. The van der Waals surface area contributed by atoms with Gasteiger partial charge in [0.25, 0.3) is 0 Å². The molecule has 1 heterocycles. The van der Waals surface area contributed by atoms with Crippen molar-refractivity contribution in [1.82, 2.24) is 4.98 Å². The van der Waals surface area contributed by atoms with Crippen LogP contribution in [0.25, 0.3) is 0 Å². The fourth-order valence-electron chi connectivity index (χ4n) is 1.44. The van der Waals surface area contributed by atoms with Crippen LogP contribution in [0.2, 0.25) is 0 Å². The van der Waals surface area contributed by atoms with E-state index < -0.39 is 5.97 Å². The second-order valence-corrected chi connectivity index (χ2v) is 4.58. The van der Waals surface area contributed by atoms with Gasteiger partial charge >= 0.3 is 5.97 Å². The third-order valence-electron chi connectivity index (χ3n) is 2.28. The Bertz CT molecular complexity index is 528. The van der Waals surface area contributed by atoms with Crippen LogP contribution in [0.1, 0.15) is 20.9 Å². The first kappa shape index (κ1) is 14.5. The third-order valence-corrected chi connectivity index (χ3v) is 3.38. The third kappa shape index (κ3) is 3.45. The van der Waals surface area contributed by atoms with E-state index in [0.717, 1.165) is 5.56 Å². The van der Waals surface area contributed by atoms with Crippen molar-refractivity contribution in [3.8, 4) is 0 Å². The Hall–Kier alpha value is -1.59. The quantitative estimate of drug-likeness (QED) is 0.905. The fourth-order valence-corrected chi connectivity index (χ4v) is 2.24. The number of aromatic carboxylic acids is 1. The van der Waals surface area contributed by atoms with Crippen molar-refractivity contribution in [2.75, 3.05) is 5.32 Å². The zero-order valence-corrected chi connectivity index (χ0v) is 11.3. The molecule has 0 aliphatic rings. The highest BCUT2D eigenvalue weighted by molar-refractivity contribution is 7.17. The number of hydrogen-bond acceptors (Lipinski definition) is 4. The Kier molecular flexibility index (Phi) is 5.12. The van der Waals surface area contributed by atoms with Crippen LogP contribution in [0.5, 0.6) is 0 Å². The van der Waals surface area contributed by atoms with E-state index in [2.05, 4.69) is 10.3 Å². The molecule has 18 heavy (non-hydrogen) atoms. The van der Waals surface area contributed by atoms with Crippen molar-refractivity contribution in [3.05, 3.63) is 46.5 Å². The van der Waals surface area contributed by atoms with Gasteiger partial charge in [-0.1, -0.05) is 41.7 Å². The van der Waals surface area contributed by atoms with Gasteiger partial charge < -0.3 is 10.4 Å². The molecule has 2 N–H and O–H groups in total. The van der Waals surface area contributed by atoms with Gasteiger partial charge in [0.15, 0.2) is 5.13 Å². The van der Waals surface area contributed by atoms with E-state index in [1.165, 1.54) is 11.3 Å². The average molecular weight is 285 g/mol. The number of aromatic nitrogens is 1. The van der Waals surface area contributed by atoms with Crippen molar-refractivity contribution in [3.63, 3.8) is 0 Å². The molecule has 0 bridgehead atoms. The minimum Gasteiger partial charge on any atom is -0.477 e. The van der Waals surface area contributed by atoms with E-state index in [-0.39, 0.29) is 12.4 Å². The van der Waals surface area contributed by atoms with Crippen LogP contribution < -0.4 is 5.32 Å². The molecular weight excluding hydrogens is 272 g/mol. The predicted molar refractivity (Wildman–Crippen MR) is 74.8 cm³/mol. The molecule has 96 valence electrons. The van der Waals surface area contributed by atoms with Gasteiger partial charge in [-0.15, -0.1) is 12.4 Å². The molecule has 0 unspecified atom stereocenters. The smallest absolute Gasteiger partial charge is 0.347 e. The van der Waals surface area contributed by atoms with E-state index in [4.69, 9.17) is 5.11 Å². The molecule has 0 radical (unpaired) electrons. The number of carboxylic acid groups (broad SMARTS) is 1. The summed E-state index contributed by atoms with van der Waals surface area (Å²) >= 11 is 1.17. The largest absolute Gasteiger partial charge is 0.477 e. The summed E-state index contributed by atoms with van der Waals surface area (Å²) in [7, 11) is 0. The number of thiazole rings is 1. The molecule has 0 saturated heterocycles. The van der Waals surface area contributed by atoms with Gasteiger partial charge in [0.05, 0.1) is 5.69 Å². The average Bonchev–Trinajstić information content (AvgIpc) is 2.69. The molecule has 1 aromatic carbocycles. The lowest BCUT2D eigenvalue weighted by molar-refractivity contribution is 0.0701. The van der Waals surface area contributed by atoms with Gasteiger partial charge in [-0.3, -0.25) is 0 Å². The normalized spacial score (nSPS) is 9.61. The van der Waals surface area contributed by atoms with Gasteiger partial charge in [0.1, 0.15) is 4.88 Å². The molecule has 1 aromatic heterocycles. The highest BCUT2D eigenvalue weighted by Crippen LogP contribution is 2.22. The van der Waals surface area contributed by atoms with Crippen molar-refractivity contribution < 1.29 is 9.90 Å². The minimum absolute atomic E-state index is 0. The number of benzene rings is 1. The van der Waals surface area contributed by atoms with Gasteiger partial charge in [0.2, 0.25) is 0 Å². The molecule has 2 aromatic rings. The second-order valence-electron chi connectivity index (χ2n) is 3.58. The second kappa shape index (κ2) is 6.37. The highest BCUT2D eigenvalue weighted by Gasteiger charge is 2.13. The Labute approximate surface area is 115 Å². The first-order valence-corrected chi connectivity index (χ1v) is 5.97. The molecule has 2 rings (SSSR count). The molecule has 6 heteroatoms. The van der Waals surface area contributed by atoms with Crippen molar-refractivity contribution in [2.45, 2.75) is 13.5 Å².